The van der Waals surface area contributed by atoms with Crippen molar-refractivity contribution in [1.82, 2.24) is 9.97 Å². The third-order valence-corrected chi connectivity index (χ3v) is 2.86. The van der Waals surface area contributed by atoms with Crippen LogP contribution in [0.25, 0.3) is 0 Å². The van der Waals surface area contributed by atoms with Crippen LogP contribution in [0.2, 0.25) is 0 Å². The lowest BCUT2D eigenvalue weighted by Gasteiger charge is -2.25. The second-order valence-electron chi connectivity index (χ2n) is 4.12. The first kappa shape index (κ1) is 9.44. The summed E-state index contributed by atoms with van der Waals surface area (Å²) in [6.45, 7) is 5.02. The molecule has 0 atom stereocenters. The Morgan fingerprint density at radius 2 is 2.21 bits per heavy atom. The second-order valence-corrected chi connectivity index (χ2v) is 4.12. The van der Waals surface area contributed by atoms with Crippen LogP contribution >= 0.6 is 0 Å². The first-order chi connectivity index (χ1) is 6.75. The molecule has 1 aliphatic rings. The minimum Gasteiger partial charge on any atom is -0.368 e. The van der Waals surface area contributed by atoms with Crippen LogP contribution in [0.4, 0.5) is 5.82 Å². The number of nitrogens with one attached hydrogen (secondary N) is 1. The summed E-state index contributed by atoms with van der Waals surface area (Å²) in [5.41, 5.74) is 1.97. The van der Waals surface area contributed by atoms with Crippen molar-refractivity contribution in [2.75, 3.05) is 11.9 Å². The van der Waals surface area contributed by atoms with Gasteiger partial charge in [-0.15, -0.1) is 0 Å². The van der Waals surface area contributed by atoms with Crippen molar-refractivity contribution >= 4 is 5.82 Å². The molecular weight excluding hydrogens is 174 g/mol. The molecule has 0 aromatic carbocycles. The second kappa shape index (κ2) is 3.95. The van der Waals surface area contributed by atoms with E-state index in [1.54, 1.807) is 0 Å². The fourth-order valence-corrected chi connectivity index (χ4v) is 1.64. The maximum Gasteiger partial charge on any atom is 0.147 e. The Kier molecular flexibility index (Phi) is 2.66. The SMILES string of the molecule is Cc1cnc(C)c(NCC2CCC2)n1. The molecule has 1 fully saturated rings. The lowest BCUT2D eigenvalue weighted by Crippen LogP contribution is -2.21. The van der Waals surface area contributed by atoms with E-state index < -0.39 is 0 Å². The zero-order chi connectivity index (χ0) is 9.97. The molecule has 3 nitrogen and oxygen atoms in total. The van der Waals surface area contributed by atoms with Crippen LogP contribution in [0.15, 0.2) is 6.20 Å². The van der Waals surface area contributed by atoms with Crippen molar-refractivity contribution < 1.29 is 0 Å². The van der Waals surface area contributed by atoms with Gasteiger partial charge in [-0.2, -0.15) is 0 Å². The summed E-state index contributed by atoms with van der Waals surface area (Å²) in [7, 11) is 0. The van der Waals surface area contributed by atoms with Gasteiger partial charge in [0, 0.05) is 12.7 Å². The fourth-order valence-electron chi connectivity index (χ4n) is 1.64. The highest BCUT2D eigenvalue weighted by Crippen LogP contribution is 2.26. The molecule has 1 heterocycles. The Bertz CT molecular complexity index is 318. The van der Waals surface area contributed by atoms with Gasteiger partial charge >= 0.3 is 0 Å². The van der Waals surface area contributed by atoms with E-state index in [0.717, 1.165) is 29.7 Å². The van der Waals surface area contributed by atoms with Crippen molar-refractivity contribution in [2.45, 2.75) is 33.1 Å². The lowest BCUT2D eigenvalue weighted by molar-refractivity contribution is 0.333. The van der Waals surface area contributed by atoms with Gasteiger partial charge in [0.1, 0.15) is 5.82 Å². The minimum absolute atomic E-state index is 0.858. The Balaban J connectivity index is 1.96. The highest BCUT2D eigenvalue weighted by atomic mass is 15.0. The maximum atomic E-state index is 4.43. The van der Waals surface area contributed by atoms with Crippen LogP contribution in [0.1, 0.15) is 30.7 Å². The van der Waals surface area contributed by atoms with Gasteiger partial charge in [0.25, 0.3) is 0 Å². The van der Waals surface area contributed by atoms with E-state index >= 15 is 0 Å². The van der Waals surface area contributed by atoms with Crippen molar-refractivity contribution in [3.63, 3.8) is 0 Å². The summed E-state index contributed by atoms with van der Waals surface area (Å²) >= 11 is 0. The van der Waals surface area contributed by atoms with Gasteiger partial charge in [0.2, 0.25) is 0 Å². The number of nitrogens with zero attached hydrogens (tertiary/aromatic N) is 2. The van der Waals surface area contributed by atoms with E-state index in [1.807, 2.05) is 20.0 Å². The van der Waals surface area contributed by atoms with Crippen molar-refractivity contribution in [2.24, 2.45) is 5.92 Å². The number of aromatic nitrogens is 2. The lowest BCUT2D eigenvalue weighted by atomic mass is 9.85. The maximum absolute atomic E-state index is 4.43. The standard InChI is InChI=1S/C11H17N3/c1-8-6-12-9(2)11(14-8)13-7-10-4-3-5-10/h6,10H,3-5,7H2,1-2H3,(H,13,14). The Hall–Kier alpha value is -1.12. The van der Waals surface area contributed by atoms with Crippen LogP contribution in [0.5, 0.6) is 0 Å². The van der Waals surface area contributed by atoms with Gasteiger partial charge in [-0.25, -0.2) is 4.98 Å². The predicted molar refractivity (Wildman–Crippen MR) is 57.3 cm³/mol. The quantitative estimate of drug-likeness (QED) is 0.796. The van der Waals surface area contributed by atoms with E-state index in [2.05, 4.69) is 15.3 Å². The summed E-state index contributed by atoms with van der Waals surface area (Å²) in [6.07, 6.45) is 5.94. The minimum atomic E-state index is 0.858. The van der Waals surface area contributed by atoms with E-state index in [-0.39, 0.29) is 0 Å². The van der Waals surface area contributed by atoms with Crippen LogP contribution < -0.4 is 5.32 Å². The summed E-state index contributed by atoms with van der Waals surface area (Å²) in [6, 6.07) is 0. The first-order valence-corrected chi connectivity index (χ1v) is 5.30. The summed E-state index contributed by atoms with van der Waals surface area (Å²) in [5.74, 6) is 1.81. The molecule has 1 aromatic rings. The normalized spacial score (nSPS) is 16.4. The highest BCUT2D eigenvalue weighted by molar-refractivity contribution is 5.39. The number of aryl methyl sites for hydroxylation is 2. The number of anilines is 1. The van der Waals surface area contributed by atoms with Crippen LogP contribution in [0, 0.1) is 19.8 Å². The van der Waals surface area contributed by atoms with Crippen LogP contribution in [-0.2, 0) is 0 Å². The summed E-state index contributed by atoms with van der Waals surface area (Å²) < 4.78 is 0. The average Bonchev–Trinajstić information content (AvgIpc) is 2.08. The molecule has 1 N–H and O–H groups in total. The molecule has 0 unspecified atom stereocenters. The van der Waals surface area contributed by atoms with Gasteiger partial charge < -0.3 is 5.32 Å². The average molecular weight is 191 g/mol. The Morgan fingerprint density at radius 1 is 1.43 bits per heavy atom. The van der Waals surface area contributed by atoms with Crippen LogP contribution in [-0.4, -0.2) is 16.5 Å². The molecule has 0 amide bonds. The number of hydrogen-bond donors (Lipinski definition) is 1. The van der Waals surface area contributed by atoms with Gasteiger partial charge in [-0.1, -0.05) is 6.42 Å². The monoisotopic (exact) mass is 191 g/mol. The van der Waals surface area contributed by atoms with Gasteiger partial charge in [0.15, 0.2) is 0 Å². The summed E-state index contributed by atoms with van der Waals surface area (Å²) in [5, 5.41) is 3.38. The topological polar surface area (TPSA) is 37.8 Å². The van der Waals surface area contributed by atoms with E-state index in [9.17, 15) is 0 Å². The van der Waals surface area contributed by atoms with Crippen LogP contribution in [0.3, 0.4) is 0 Å². The zero-order valence-electron chi connectivity index (χ0n) is 8.88. The molecule has 1 aliphatic carbocycles. The first-order valence-electron chi connectivity index (χ1n) is 5.30. The molecular formula is C11H17N3. The fraction of sp³-hybridized carbons (Fsp3) is 0.636. The smallest absolute Gasteiger partial charge is 0.147 e. The van der Waals surface area contributed by atoms with E-state index in [4.69, 9.17) is 0 Å². The Labute approximate surface area is 85.0 Å². The molecule has 1 aromatic heterocycles. The summed E-state index contributed by atoms with van der Waals surface area (Å²) in [4.78, 5) is 8.70. The Morgan fingerprint density at radius 3 is 2.86 bits per heavy atom. The van der Waals surface area contributed by atoms with E-state index in [1.165, 1.54) is 19.3 Å². The van der Waals surface area contributed by atoms with Gasteiger partial charge in [-0.3, -0.25) is 4.98 Å². The molecule has 0 bridgehead atoms. The molecule has 0 spiro atoms. The molecule has 0 radical (unpaired) electrons. The predicted octanol–water partition coefficient (Wildman–Crippen LogP) is 2.31. The molecule has 0 aliphatic heterocycles. The third kappa shape index (κ3) is 2.03. The van der Waals surface area contributed by atoms with Crippen molar-refractivity contribution in [3.05, 3.63) is 17.6 Å². The molecule has 76 valence electrons. The van der Waals surface area contributed by atoms with Crippen molar-refractivity contribution in [3.8, 4) is 0 Å². The number of hydrogen-bond acceptors (Lipinski definition) is 3. The van der Waals surface area contributed by atoms with E-state index in [0.29, 0.717) is 0 Å². The third-order valence-electron chi connectivity index (χ3n) is 2.86. The van der Waals surface area contributed by atoms with Gasteiger partial charge in [0.05, 0.1) is 11.4 Å². The molecule has 2 rings (SSSR count). The van der Waals surface area contributed by atoms with Gasteiger partial charge in [-0.05, 0) is 32.6 Å². The largest absolute Gasteiger partial charge is 0.368 e. The zero-order valence-corrected chi connectivity index (χ0v) is 8.88. The molecule has 14 heavy (non-hydrogen) atoms. The molecule has 3 heteroatoms. The van der Waals surface area contributed by atoms with Crippen molar-refractivity contribution in [1.29, 1.82) is 0 Å². The highest BCUT2D eigenvalue weighted by Gasteiger charge is 2.17. The molecule has 1 saturated carbocycles. The number of rotatable bonds is 3. The molecule has 0 saturated heterocycles.